The third-order valence-electron chi connectivity index (χ3n) is 4.17. The number of hydrogen-bond acceptors (Lipinski definition) is 5. The first-order chi connectivity index (χ1) is 12.3. The third-order valence-corrected chi connectivity index (χ3v) is 4.17. The molecule has 1 heterocycles. The van der Waals surface area contributed by atoms with Gasteiger partial charge in [0.05, 0.1) is 20.3 Å². The zero-order chi connectivity index (χ0) is 19.4. The Balaban J connectivity index is 2.26. The first-order valence-corrected chi connectivity index (χ1v) is 8.21. The van der Waals surface area contributed by atoms with Crippen molar-refractivity contribution in [2.24, 2.45) is 0 Å². The van der Waals surface area contributed by atoms with Crippen molar-refractivity contribution in [3.8, 4) is 11.5 Å². The highest BCUT2D eigenvalue weighted by molar-refractivity contribution is 5.96. The second-order valence-corrected chi connectivity index (χ2v) is 5.87. The third kappa shape index (κ3) is 3.82. The monoisotopic (exact) mass is 361 g/mol. The Kier molecular flexibility index (Phi) is 5.92. The Labute approximate surface area is 151 Å². The molecule has 2 N–H and O–H groups in total. The molecule has 26 heavy (non-hydrogen) atoms. The molecule has 0 fully saturated rings. The number of rotatable bonds is 7. The second-order valence-electron chi connectivity index (χ2n) is 5.87. The summed E-state index contributed by atoms with van der Waals surface area (Å²) >= 11 is 0. The van der Waals surface area contributed by atoms with Crippen LogP contribution in [0.1, 0.15) is 57.7 Å². The van der Waals surface area contributed by atoms with E-state index >= 15 is 0 Å². The zero-order valence-corrected chi connectivity index (χ0v) is 15.5. The highest BCUT2D eigenvalue weighted by Gasteiger charge is 2.22. The van der Waals surface area contributed by atoms with Gasteiger partial charge >= 0.3 is 5.97 Å². The van der Waals surface area contributed by atoms with Crippen molar-refractivity contribution in [2.75, 3.05) is 14.2 Å². The highest BCUT2D eigenvalue weighted by Crippen LogP contribution is 2.33. The molecule has 140 valence electrons. The first kappa shape index (κ1) is 19.4. The molecule has 1 unspecified atom stereocenters. The fourth-order valence-corrected chi connectivity index (χ4v) is 2.79. The van der Waals surface area contributed by atoms with Crippen LogP contribution >= 0.6 is 0 Å². The molecule has 7 nitrogen and oxygen atoms in total. The van der Waals surface area contributed by atoms with Gasteiger partial charge in [0.2, 0.25) is 0 Å². The van der Waals surface area contributed by atoms with E-state index in [4.69, 9.17) is 13.9 Å². The number of benzene rings is 1. The van der Waals surface area contributed by atoms with E-state index in [1.54, 1.807) is 27.2 Å². The predicted molar refractivity (Wildman–Crippen MR) is 95.2 cm³/mol. The van der Waals surface area contributed by atoms with Crippen molar-refractivity contribution in [1.82, 2.24) is 5.32 Å². The van der Waals surface area contributed by atoms with Gasteiger partial charge < -0.3 is 24.3 Å². The first-order valence-electron chi connectivity index (χ1n) is 8.21. The van der Waals surface area contributed by atoms with Crippen LogP contribution in [0.3, 0.4) is 0 Å². The van der Waals surface area contributed by atoms with Gasteiger partial charge in [0.25, 0.3) is 5.91 Å². The van der Waals surface area contributed by atoms with Gasteiger partial charge in [0.15, 0.2) is 17.3 Å². The number of carboxylic acid groups (broad SMARTS) is 1. The number of carbonyl (C=O) groups excluding carboxylic acids is 1. The fourth-order valence-electron chi connectivity index (χ4n) is 2.79. The number of aromatic carboxylic acids is 1. The maximum absolute atomic E-state index is 12.5. The second kappa shape index (κ2) is 7.95. The summed E-state index contributed by atoms with van der Waals surface area (Å²) in [6, 6.07) is 4.55. The van der Waals surface area contributed by atoms with Gasteiger partial charge in [0, 0.05) is 12.5 Å². The van der Waals surface area contributed by atoms with E-state index in [0.29, 0.717) is 17.9 Å². The lowest BCUT2D eigenvalue weighted by Crippen LogP contribution is -2.26. The number of hydrogen-bond donors (Lipinski definition) is 2. The largest absolute Gasteiger partial charge is 0.493 e. The molecule has 1 aromatic carbocycles. The van der Waals surface area contributed by atoms with E-state index in [1.165, 1.54) is 6.07 Å². The maximum atomic E-state index is 12.5. The number of furan rings is 1. The van der Waals surface area contributed by atoms with Crippen LogP contribution in [0.5, 0.6) is 11.5 Å². The van der Waals surface area contributed by atoms with Gasteiger partial charge in [-0.25, -0.2) is 4.79 Å². The molecule has 0 saturated heterocycles. The topological polar surface area (TPSA) is 98.0 Å². The molecule has 2 rings (SSSR count). The molecule has 2 aromatic rings. The molecule has 0 aliphatic carbocycles. The minimum absolute atomic E-state index is 0.00704. The summed E-state index contributed by atoms with van der Waals surface area (Å²) in [6.45, 7) is 5.50. The summed E-state index contributed by atoms with van der Waals surface area (Å²) in [6.07, 6.45) is 0.388. The van der Waals surface area contributed by atoms with E-state index in [9.17, 15) is 14.7 Å². The molecular formula is C19H23NO6. The molecular weight excluding hydrogens is 338 g/mol. The van der Waals surface area contributed by atoms with Crippen molar-refractivity contribution in [2.45, 2.75) is 33.2 Å². The molecule has 7 heteroatoms. The van der Waals surface area contributed by atoms with Crippen LogP contribution in [0.2, 0.25) is 0 Å². The number of nitrogens with one attached hydrogen (secondary N) is 1. The average molecular weight is 361 g/mol. The standard InChI is InChI=1S/C19H23NO6/c1-6-14-13(19(22)23)9-17(26-14)18(21)20-11(3)12-8-16(25-5)15(24-4)7-10(12)2/h7-9,11H,6H2,1-5H3,(H,20,21)(H,22,23). The van der Waals surface area contributed by atoms with Crippen LogP contribution in [-0.2, 0) is 6.42 Å². The van der Waals surface area contributed by atoms with Crippen LogP contribution in [0, 0.1) is 6.92 Å². The Morgan fingerprint density at radius 2 is 1.81 bits per heavy atom. The highest BCUT2D eigenvalue weighted by atomic mass is 16.5. The lowest BCUT2D eigenvalue weighted by molar-refractivity contribution is 0.0694. The number of aryl methyl sites for hydroxylation is 2. The molecule has 0 aliphatic heterocycles. The van der Waals surface area contributed by atoms with Crippen LogP contribution < -0.4 is 14.8 Å². The normalized spacial score (nSPS) is 11.7. The molecule has 0 radical (unpaired) electrons. The predicted octanol–water partition coefficient (Wildman–Crippen LogP) is 3.36. The van der Waals surface area contributed by atoms with E-state index in [1.807, 2.05) is 19.9 Å². The van der Waals surface area contributed by atoms with E-state index in [2.05, 4.69) is 5.32 Å². The van der Waals surface area contributed by atoms with E-state index in [-0.39, 0.29) is 23.1 Å². The summed E-state index contributed by atoms with van der Waals surface area (Å²) < 4.78 is 16.0. The molecule has 0 aliphatic rings. The number of carboxylic acids is 1. The fraction of sp³-hybridized carbons (Fsp3) is 0.368. The number of amides is 1. The van der Waals surface area contributed by atoms with Gasteiger partial charge in [-0.2, -0.15) is 0 Å². The van der Waals surface area contributed by atoms with Gasteiger partial charge in [-0.1, -0.05) is 6.92 Å². The Morgan fingerprint density at radius 1 is 1.19 bits per heavy atom. The van der Waals surface area contributed by atoms with Crippen molar-refractivity contribution in [1.29, 1.82) is 0 Å². The molecule has 0 saturated carbocycles. The van der Waals surface area contributed by atoms with Crippen LogP contribution in [0.4, 0.5) is 0 Å². The maximum Gasteiger partial charge on any atom is 0.339 e. The Morgan fingerprint density at radius 3 is 2.31 bits per heavy atom. The Hall–Kier alpha value is -2.96. The van der Waals surface area contributed by atoms with Crippen LogP contribution in [0.25, 0.3) is 0 Å². The van der Waals surface area contributed by atoms with Crippen molar-refractivity contribution in [3.63, 3.8) is 0 Å². The molecule has 1 amide bonds. The molecule has 0 bridgehead atoms. The Bertz CT molecular complexity index is 824. The van der Waals surface area contributed by atoms with Crippen molar-refractivity contribution in [3.05, 3.63) is 46.4 Å². The summed E-state index contributed by atoms with van der Waals surface area (Å²) in [5.41, 5.74) is 1.79. The van der Waals surface area contributed by atoms with Gasteiger partial charge in [-0.05, 0) is 37.1 Å². The number of methoxy groups -OCH3 is 2. The summed E-state index contributed by atoms with van der Waals surface area (Å²) in [5, 5.41) is 12.0. The quantitative estimate of drug-likeness (QED) is 0.785. The van der Waals surface area contributed by atoms with Crippen LogP contribution in [-0.4, -0.2) is 31.2 Å². The van der Waals surface area contributed by atoms with E-state index in [0.717, 1.165) is 11.1 Å². The van der Waals surface area contributed by atoms with Gasteiger partial charge in [-0.15, -0.1) is 0 Å². The van der Waals surface area contributed by atoms with Crippen molar-refractivity contribution < 1.29 is 28.6 Å². The minimum Gasteiger partial charge on any atom is -0.493 e. The number of ether oxygens (including phenoxy) is 2. The molecule has 0 spiro atoms. The summed E-state index contributed by atoms with van der Waals surface area (Å²) in [5.74, 6) is -0.172. The average Bonchev–Trinajstić information content (AvgIpc) is 3.06. The smallest absolute Gasteiger partial charge is 0.339 e. The van der Waals surface area contributed by atoms with Gasteiger partial charge in [0.1, 0.15) is 11.3 Å². The zero-order valence-electron chi connectivity index (χ0n) is 15.5. The SMILES string of the molecule is CCc1oc(C(=O)NC(C)c2cc(OC)c(OC)cc2C)cc1C(=O)O. The molecule has 1 atom stereocenters. The summed E-state index contributed by atoms with van der Waals surface area (Å²) in [7, 11) is 3.10. The van der Waals surface area contributed by atoms with Gasteiger partial charge in [-0.3, -0.25) is 4.79 Å². The van der Waals surface area contributed by atoms with Crippen molar-refractivity contribution >= 4 is 11.9 Å². The number of carbonyl (C=O) groups is 2. The van der Waals surface area contributed by atoms with Crippen LogP contribution in [0.15, 0.2) is 22.6 Å². The minimum atomic E-state index is -1.12. The lowest BCUT2D eigenvalue weighted by atomic mass is 10.0. The summed E-state index contributed by atoms with van der Waals surface area (Å²) in [4.78, 5) is 23.7. The van der Waals surface area contributed by atoms with E-state index < -0.39 is 11.9 Å². The lowest BCUT2D eigenvalue weighted by Gasteiger charge is -2.18. The molecule has 1 aromatic heterocycles.